The second-order valence-electron chi connectivity index (χ2n) is 8.36. The molecule has 1 atom stereocenters. The van der Waals surface area contributed by atoms with Crippen LogP contribution in [0.5, 0.6) is 0 Å². The van der Waals surface area contributed by atoms with Crippen molar-refractivity contribution < 1.29 is 9.53 Å². The molecule has 2 nitrogen and oxygen atoms in total. The average Bonchev–Trinajstić information content (AvgIpc) is 3.15. The highest BCUT2D eigenvalue weighted by atomic mass is 32.2. The highest BCUT2D eigenvalue weighted by Gasteiger charge is 2.38. The number of rotatable bonds is 8. The van der Waals surface area contributed by atoms with Crippen LogP contribution in [-0.2, 0) is 14.3 Å². The number of carbonyl (C=O) groups is 1. The first-order valence-electron chi connectivity index (χ1n) is 10.8. The van der Waals surface area contributed by atoms with E-state index in [4.69, 9.17) is 4.74 Å². The number of ether oxygens (including phenoxy) is 1. The summed E-state index contributed by atoms with van der Waals surface area (Å²) in [5.74, 6) is 1.61. The van der Waals surface area contributed by atoms with Crippen LogP contribution in [0.2, 0.25) is 0 Å². The first-order valence-corrected chi connectivity index (χ1v) is 11.8. The highest BCUT2D eigenvalue weighted by molar-refractivity contribution is 8.00. The summed E-state index contributed by atoms with van der Waals surface area (Å²) in [6, 6.07) is 31.8. The predicted octanol–water partition coefficient (Wildman–Crippen LogP) is 6.81. The lowest BCUT2D eigenvalue weighted by Gasteiger charge is -2.35. The van der Waals surface area contributed by atoms with E-state index in [0.29, 0.717) is 11.7 Å². The molecule has 0 saturated carbocycles. The van der Waals surface area contributed by atoms with Crippen LogP contribution in [0.15, 0.2) is 103 Å². The van der Waals surface area contributed by atoms with E-state index < -0.39 is 4.75 Å². The van der Waals surface area contributed by atoms with Gasteiger partial charge in [-0.25, -0.2) is 0 Å². The summed E-state index contributed by atoms with van der Waals surface area (Å²) < 4.78 is 5.27. The summed E-state index contributed by atoms with van der Waals surface area (Å²) >= 11 is 1.80. The van der Waals surface area contributed by atoms with Gasteiger partial charge in [0.05, 0.1) is 16.4 Å². The van der Waals surface area contributed by atoms with Crippen molar-refractivity contribution in [1.82, 2.24) is 0 Å². The molecule has 0 spiro atoms. The number of cyclic esters (lactones) is 1. The first kappa shape index (κ1) is 21.5. The summed E-state index contributed by atoms with van der Waals surface area (Å²) in [6.45, 7) is 4.28. The van der Waals surface area contributed by atoms with Crippen LogP contribution >= 0.6 is 11.8 Å². The quantitative estimate of drug-likeness (QED) is 0.291. The fourth-order valence-electron chi connectivity index (χ4n) is 4.23. The second-order valence-corrected chi connectivity index (χ2v) is 9.55. The largest absolute Gasteiger partial charge is 0.430 e. The molecule has 158 valence electrons. The standard InChI is InChI=1S/C28H28O2S/c1-21(2)18-22-19-26(30-27(22)29)20-31-28(23-12-6-3-7-13-23,24-14-8-4-9-15-24)25-16-10-5-11-17-25/h3-17,19,21-22H,18,20H2,1-2H3. The third kappa shape index (κ3) is 4.62. The molecule has 1 unspecified atom stereocenters. The Morgan fingerprint density at radius 3 is 1.68 bits per heavy atom. The van der Waals surface area contributed by atoms with Crippen molar-refractivity contribution in [3.05, 3.63) is 120 Å². The number of hydrogen-bond acceptors (Lipinski definition) is 3. The molecule has 0 radical (unpaired) electrons. The molecule has 0 bridgehead atoms. The van der Waals surface area contributed by atoms with Crippen LogP contribution in [0, 0.1) is 11.8 Å². The molecule has 0 amide bonds. The van der Waals surface area contributed by atoms with E-state index in [-0.39, 0.29) is 11.9 Å². The molecule has 31 heavy (non-hydrogen) atoms. The molecule has 0 aromatic heterocycles. The van der Waals surface area contributed by atoms with Crippen LogP contribution in [0.3, 0.4) is 0 Å². The lowest BCUT2D eigenvalue weighted by Crippen LogP contribution is -2.26. The molecule has 0 fully saturated rings. The third-order valence-electron chi connectivity index (χ3n) is 5.62. The molecule has 1 aliphatic heterocycles. The predicted molar refractivity (Wildman–Crippen MR) is 129 cm³/mol. The summed E-state index contributed by atoms with van der Waals surface area (Å²) in [6.07, 6.45) is 2.86. The van der Waals surface area contributed by atoms with Crippen molar-refractivity contribution in [1.29, 1.82) is 0 Å². The number of thioether (sulfide) groups is 1. The normalized spacial score (nSPS) is 16.3. The topological polar surface area (TPSA) is 26.3 Å². The summed E-state index contributed by atoms with van der Waals surface area (Å²) in [4.78, 5) is 12.4. The molecule has 3 heteroatoms. The Kier molecular flexibility index (Phi) is 6.62. The zero-order valence-electron chi connectivity index (χ0n) is 18.0. The van der Waals surface area contributed by atoms with E-state index in [1.807, 2.05) is 24.3 Å². The second kappa shape index (κ2) is 9.57. The molecule has 1 heterocycles. The van der Waals surface area contributed by atoms with Crippen molar-refractivity contribution >= 4 is 17.7 Å². The van der Waals surface area contributed by atoms with Crippen LogP contribution in [0.25, 0.3) is 0 Å². The van der Waals surface area contributed by atoms with Crippen LogP contribution in [0.1, 0.15) is 37.0 Å². The molecule has 0 aliphatic carbocycles. The lowest BCUT2D eigenvalue weighted by atomic mass is 9.84. The average molecular weight is 429 g/mol. The van der Waals surface area contributed by atoms with Gasteiger partial charge in [0.15, 0.2) is 0 Å². The fourth-order valence-corrected chi connectivity index (χ4v) is 5.65. The van der Waals surface area contributed by atoms with Gasteiger partial charge in [0.1, 0.15) is 5.76 Å². The lowest BCUT2D eigenvalue weighted by molar-refractivity contribution is -0.140. The monoisotopic (exact) mass is 428 g/mol. The van der Waals surface area contributed by atoms with E-state index in [2.05, 4.69) is 86.6 Å². The SMILES string of the molecule is CC(C)CC1C=C(CSC(c2ccccc2)(c2ccccc2)c2ccccc2)OC1=O. The van der Waals surface area contributed by atoms with Gasteiger partial charge in [-0.1, -0.05) is 105 Å². The highest BCUT2D eigenvalue weighted by Crippen LogP contribution is 2.49. The van der Waals surface area contributed by atoms with Crippen LogP contribution in [-0.4, -0.2) is 11.7 Å². The van der Waals surface area contributed by atoms with Crippen molar-refractivity contribution in [3.8, 4) is 0 Å². The molecule has 3 aromatic rings. The first-order chi connectivity index (χ1) is 15.1. The number of benzene rings is 3. The summed E-state index contributed by atoms with van der Waals surface area (Å²) in [7, 11) is 0. The van der Waals surface area contributed by atoms with E-state index in [0.717, 1.165) is 12.2 Å². The molecule has 1 aliphatic rings. The zero-order valence-corrected chi connectivity index (χ0v) is 18.8. The van der Waals surface area contributed by atoms with Gasteiger partial charge in [0.2, 0.25) is 0 Å². The van der Waals surface area contributed by atoms with Gasteiger partial charge in [-0.05, 0) is 35.1 Å². The number of carbonyl (C=O) groups excluding carboxylic acids is 1. The third-order valence-corrected chi connectivity index (χ3v) is 7.19. The van der Waals surface area contributed by atoms with E-state index >= 15 is 0 Å². The maximum atomic E-state index is 12.4. The number of hydrogen-bond donors (Lipinski definition) is 0. The van der Waals surface area contributed by atoms with Gasteiger partial charge in [-0.3, -0.25) is 4.79 Å². The summed E-state index contributed by atoms with van der Waals surface area (Å²) in [5.41, 5.74) is 3.63. The molecular weight excluding hydrogens is 400 g/mol. The molecule has 4 rings (SSSR count). The molecule has 3 aromatic carbocycles. The Morgan fingerprint density at radius 1 is 0.806 bits per heavy atom. The van der Waals surface area contributed by atoms with Gasteiger partial charge >= 0.3 is 5.97 Å². The van der Waals surface area contributed by atoms with Crippen LogP contribution in [0.4, 0.5) is 0 Å². The maximum absolute atomic E-state index is 12.4. The Bertz CT molecular complexity index is 930. The van der Waals surface area contributed by atoms with Crippen molar-refractivity contribution in [3.63, 3.8) is 0 Å². The summed E-state index contributed by atoms with van der Waals surface area (Å²) in [5, 5.41) is 0. The molecule has 0 N–H and O–H groups in total. The van der Waals surface area contributed by atoms with Gasteiger partial charge in [-0.15, -0.1) is 11.8 Å². The van der Waals surface area contributed by atoms with Crippen LogP contribution < -0.4 is 0 Å². The number of esters is 1. The van der Waals surface area contributed by atoms with Gasteiger partial charge < -0.3 is 4.74 Å². The van der Waals surface area contributed by atoms with Crippen molar-refractivity contribution in [2.45, 2.75) is 25.0 Å². The minimum Gasteiger partial charge on any atom is -0.430 e. The van der Waals surface area contributed by atoms with E-state index in [9.17, 15) is 4.79 Å². The molecular formula is C28H28O2S. The Morgan fingerprint density at radius 2 is 1.26 bits per heavy atom. The van der Waals surface area contributed by atoms with E-state index in [1.165, 1.54) is 16.7 Å². The Labute approximate surface area is 189 Å². The fraction of sp³-hybridized carbons (Fsp3) is 0.250. The zero-order chi connectivity index (χ0) is 21.7. The Balaban J connectivity index is 1.75. The van der Waals surface area contributed by atoms with Gasteiger partial charge in [0, 0.05) is 0 Å². The molecule has 0 saturated heterocycles. The minimum absolute atomic E-state index is 0.117. The maximum Gasteiger partial charge on any atom is 0.318 e. The van der Waals surface area contributed by atoms with Crippen molar-refractivity contribution in [2.75, 3.05) is 5.75 Å². The minimum atomic E-state index is -0.410. The Hall–Kier alpha value is -2.78. The van der Waals surface area contributed by atoms with Gasteiger partial charge in [0.25, 0.3) is 0 Å². The van der Waals surface area contributed by atoms with E-state index in [1.54, 1.807) is 11.8 Å². The smallest absolute Gasteiger partial charge is 0.318 e. The van der Waals surface area contributed by atoms with Crippen molar-refractivity contribution in [2.24, 2.45) is 11.8 Å². The van der Waals surface area contributed by atoms with Gasteiger partial charge in [-0.2, -0.15) is 0 Å².